The standard InChI is InChI=1S/C21H28N2/c1-22-14-16-23(17-15-22)21(12-5-2-6-13-21)20-11-7-9-18-8-3-4-10-19(18)20/h3-4,7-11H,2,5-6,12-17H2,1H3. The summed E-state index contributed by atoms with van der Waals surface area (Å²) < 4.78 is 0. The molecule has 0 spiro atoms. The smallest absolute Gasteiger partial charge is 0.0467 e. The van der Waals surface area contributed by atoms with Gasteiger partial charge in [-0.05, 0) is 36.2 Å². The molecule has 0 N–H and O–H groups in total. The summed E-state index contributed by atoms with van der Waals surface area (Å²) in [6.45, 7) is 4.82. The van der Waals surface area contributed by atoms with Crippen LogP contribution in [-0.4, -0.2) is 43.0 Å². The Balaban J connectivity index is 1.81. The summed E-state index contributed by atoms with van der Waals surface area (Å²) in [5.41, 5.74) is 1.85. The zero-order valence-corrected chi connectivity index (χ0v) is 14.3. The second-order valence-electron chi connectivity index (χ2n) is 7.41. The average molecular weight is 308 g/mol. The molecule has 1 saturated heterocycles. The molecular formula is C21H28N2. The second-order valence-corrected chi connectivity index (χ2v) is 7.41. The zero-order valence-electron chi connectivity index (χ0n) is 14.3. The lowest BCUT2D eigenvalue weighted by Crippen LogP contribution is -2.55. The number of nitrogens with zero attached hydrogens (tertiary/aromatic N) is 2. The Labute approximate surface area is 140 Å². The Morgan fingerprint density at radius 2 is 1.48 bits per heavy atom. The molecule has 1 aliphatic carbocycles. The first-order valence-electron chi connectivity index (χ1n) is 9.21. The Bertz CT molecular complexity index is 659. The van der Waals surface area contributed by atoms with Crippen molar-refractivity contribution in [3.05, 3.63) is 48.0 Å². The number of hydrogen-bond donors (Lipinski definition) is 0. The maximum atomic E-state index is 2.81. The van der Waals surface area contributed by atoms with Crippen molar-refractivity contribution in [2.75, 3.05) is 33.2 Å². The number of fused-ring (bicyclic) bond motifs is 1. The summed E-state index contributed by atoms with van der Waals surface area (Å²) in [6, 6.07) is 15.9. The molecule has 2 heteroatoms. The minimum absolute atomic E-state index is 0.264. The third-order valence-electron chi connectivity index (χ3n) is 6.08. The molecule has 1 saturated carbocycles. The summed E-state index contributed by atoms with van der Waals surface area (Å²) in [7, 11) is 2.25. The fourth-order valence-electron chi connectivity index (χ4n) is 4.76. The lowest BCUT2D eigenvalue weighted by molar-refractivity contribution is 0.0112. The molecule has 2 aromatic rings. The quantitative estimate of drug-likeness (QED) is 0.818. The van der Waals surface area contributed by atoms with Gasteiger partial charge in [-0.15, -0.1) is 0 Å². The van der Waals surface area contributed by atoms with Crippen molar-refractivity contribution in [2.45, 2.75) is 37.6 Å². The van der Waals surface area contributed by atoms with E-state index in [1.165, 1.54) is 69.1 Å². The van der Waals surface area contributed by atoms with Gasteiger partial charge in [0.15, 0.2) is 0 Å². The summed E-state index contributed by atoms with van der Waals surface area (Å²) in [5, 5.41) is 2.86. The van der Waals surface area contributed by atoms with Crippen LogP contribution >= 0.6 is 0 Å². The van der Waals surface area contributed by atoms with Gasteiger partial charge in [0.05, 0.1) is 0 Å². The summed E-state index contributed by atoms with van der Waals surface area (Å²) >= 11 is 0. The first-order valence-corrected chi connectivity index (χ1v) is 9.21. The van der Waals surface area contributed by atoms with E-state index in [9.17, 15) is 0 Å². The molecule has 1 aliphatic heterocycles. The molecule has 1 heterocycles. The van der Waals surface area contributed by atoms with Crippen LogP contribution in [0.5, 0.6) is 0 Å². The maximum Gasteiger partial charge on any atom is 0.0467 e. The summed E-state index contributed by atoms with van der Waals surface area (Å²) in [6.07, 6.45) is 6.79. The Morgan fingerprint density at radius 3 is 2.26 bits per heavy atom. The topological polar surface area (TPSA) is 6.48 Å². The van der Waals surface area contributed by atoms with Crippen molar-refractivity contribution in [3.63, 3.8) is 0 Å². The van der Waals surface area contributed by atoms with Gasteiger partial charge in [-0.1, -0.05) is 61.7 Å². The molecule has 2 aromatic carbocycles. The third kappa shape index (κ3) is 2.68. The molecule has 2 nitrogen and oxygen atoms in total. The molecule has 122 valence electrons. The van der Waals surface area contributed by atoms with E-state index in [-0.39, 0.29) is 5.54 Å². The molecule has 0 aromatic heterocycles. The third-order valence-corrected chi connectivity index (χ3v) is 6.08. The monoisotopic (exact) mass is 308 g/mol. The lowest BCUT2D eigenvalue weighted by Gasteiger charge is -2.50. The van der Waals surface area contributed by atoms with E-state index in [0.717, 1.165) is 0 Å². The normalized spacial score (nSPS) is 23.2. The van der Waals surface area contributed by atoms with Gasteiger partial charge in [0.2, 0.25) is 0 Å². The maximum absolute atomic E-state index is 2.81. The molecular weight excluding hydrogens is 280 g/mol. The van der Waals surface area contributed by atoms with Crippen LogP contribution in [0, 0.1) is 0 Å². The van der Waals surface area contributed by atoms with Crippen molar-refractivity contribution >= 4 is 10.8 Å². The van der Waals surface area contributed by atoms with Crippen LogP contribution in [-0.2, 0) is 5.54 Å². The summed E-state index contributed by atoms with van der Waals surface area (Å²) in [4.78, 5) is 5.28. The molecule has 0 bridgehead atoms. The van der Waals surface area contributed by atoms with Gasteiger partial charge in [0, 0.05) is 31.7 Å². The number of rotatable bonds is 2. The highest BCUT2D eigenvalue weighted by Crippen LogP contribution is 2.45. The highest BCUT2D eigenvalue weighted by atomic mass is 15.3. The van der Waals surface area contributed by atoms with Crippen LogP contribution in [0.2, 0.25) is 0 Å². The van der Waals surface area contributed by atoms with Crippen molar-refractivity contribution in [2.24, 2.45) is 0 Å². The first kappa shape index (κ1) is 15.2. The van der Waals surface area contributed by atoms with Gasteiger partial charge < -0.3 is 4.90 Å². The largest absolute Gasteiger partial charge is 0.304 e. The molecule has 0 radical (unpaired) electrons. The number of hydrogen-bond acceptors (Lipinski definition) is 2. The minimum Gasteiger partial charge on any atom is -0.304 e. The molecule has 0 atom stereocenters. The molecule has 4 rings (SSSR count). The van der Waals surface area contributed by atoms with Crippen molar-refractivity contribution in [3.8, 4) is 0 Å². The van der Waals surface area contributed by atoms with E-state index in [2.05, 4.69) is 59.3 Å². The highest BCUT2D eigenvalue weighted by Gasteiger charge is 2.41. The fourth-order valence-corrected chi connectivity index (χ4v) is 4.76. The predicted molar refractivity (Wildman–Crippen MR) is 97.8 cm³/mol. The number of benzene rings is 2. The van der Waals surface area contributed by atoms with E-state index >= 15 is 0 Å². The second kappa shape index (κ2) is 6.26. The van der Waals surface area contributed by atoms with E-state index in [1.54, 1.807) is 5.56 Å². The predicted octanol–water partition coefficient (Wildman–Crippen LogP) is 4.25. The molecule has 2 aliphatic rings. The lowest BCUT2D eigenvalue weighted by atomic mass is 9.73. The zero-order chi connectivity index (χ0) is 15.7. The fraction of sp³-hybridized carbons (Fsp3) is 0.524. The molecule has 0 unspecified atom stereocenters. The average Bonchev–Trinajstić information content (AvgIpc) is 2.62. The van der Waals surface area contributed by atoms with E-state index in [0.29, 0.717) is 0 Å². The van der Waals surface area contributed by atoms with Crippen molar-refractivity contribution in [1.82, 2.24) is 9.80 Å². The van der Waals surface area contributed by atoms with Crippen LogP contribution in [0.3, 0.4) is 0 Å². The van der Waals surface area contributed by atoms with E-state index < -0.39 is 0 Å². The van der Waals surface area contributed by atoms with Crippen LogP contribution in [0.15, 0.2) is 42.5 Å². The van der Waals surface area contributed by atoms with Crippen LogP contribution in [0.1, 0.15) is 37.7 Å². The highest BCUT2D eigenvalue weighted by molar-refractivity contribution is 5.86. The van der Waals surface area contributed by atoms with Crippen LogP contribution in [0.25, 0.3) is 10.8 Å². The van der Waals surface area contributed by atoms with Gasteiger partial charge in [-0.2, -0.15) is 0 Å². The SMILES string of the molecule is CN1CCN(C2(c3cccc4ccccc34)CCCCC2)CC1. The van der Waals surface area contributed by atoms with Crippen molar-refractivity contribution < 1.29 is 0 Å². The van der Waals surface area contributed by atoms with Gasteiger partial charge in [-0.25, -0.2) is 0 Å². The number of piperazine rings is 1. The number of likely N-dealkylation sites (N-methyl/N-ethyl adjacent to an activating group) is 1. The van der Waals surface area contributed by atoms with Gasteiger partial charge in [-0.3, -0.25) is 4.90 Å². The Kier molecular flexibility index (Phi) is 4.13. The molecule has 0 amide bonds. The van der Waals surface area contributed by atoms with Gasteiger partial charge in [0.1, 0.15) is 0 Å². The summed E-state index contributed by atoms with van der Waals surface area (Å²) in [5.74, 6) is 0. The molecule has 23 heavy (non-hydrogen) atoms. The Morgan fingerprint density at radius 1 is 0.783 bits per heavy atom. The Hall–Kier alpha value is -1.38. The van der Waals surface area contributed by atoms with Gasteiger partial charge in [0.25, 0.3) is 0 Å². The minimum atomic E-state index is 0.264. The first-order chi connectivity index (χ1) is 11.3. The van der Waals surface area contributed by atoms with Crippen LogP contribution < -0.4 is 0 Å². The van der Waals surface area contributed by atoms with E-state index in [1.807, 2.05) is 0 Å². The van der Waals surface area contributed by atoms with Crippen LogP contribution in [0.4, 0.5) is 0 Å². The van der Waals surface area contributed by atoms with E-state index in [4.69, 9.17) is 0 Å². The molecule has 2 fully saturated rings. The van der Waals surface area contributed by atoms with Crippen molar-refractivity contribution in [1.29, 1.82) is 0 Å². The van der Waals surface area contributed by atoms with Gasteiger partial charge >= 0.3 is 0 Å².